The number of nitrogens with zero attached hydrogens (tertiary/aromatic N) is 4. The highest BCUT2D eigenvalue weighted by Crippen LogP contribution is 2.40. The molecule has 38 heavy (non-hydrogen) atoms. The molecule has 3 aromatic heterocycles. The molecular formula is C32H39N5O. The van der Waals surface area contributed by atoms with Gasteiger partial charge in [0.15, 0.2) is 0 Å². The van der Waals surface area contributed by atoms with Crippen LogP contribution in [-0.2, 0) is 7.05 Å². The molecule has 2 aliphatic rings. The number of likely N-dealkylation sites (tertiary alicyclic amines) is 1. The largest absolute Gasteiger partial charge is 0.354 e. The van der Waals surface area contributed by atoms with E-state index >= 15 is 0 Å². The van der Waals surface area contributed by atoms with Crippen LogP contribution in [0.4, 0.5) is 0 Å². The van der Waals surface area contributed by atoms with Crippen LogP contribution in [0.3, 0.4) is 0 Å². The van der Waals surface area contributed by atoms with Crippen LogP contribution in [0.25, 0.3) is 33.3 Å². The van der Waals surface area contributed by atoms with Crippen LogP contribution in [-0.4, -0.2) is 44.1 Å². The molecule has 1 N–H and O–H groups in total. The van der Waals surface area contributed by atoms with Crippen LogP contribution in [0.15, 0.2) is 47.7 Å². The van der Waals surface area contributed by atoms with Gasteiger partial charge in [0.05, 0.1) is 11.3 Å². The van der Waals surface area contributed by atoms with Gasteiger partial charge in [-0.05, 0) is 92.9 Å². The van der Waals surface area contributed by atoms with E-state index in [1.54, 1.807) is 4.57 Å². The lowest BCUT2D eigenvalue weighted by atomic mass is 9.87. The molecule has 0 bridgehead atoms. The number of H-pyrrole nitrogens is 1. The van der Waals surface area contributed by atoms with Gasteiger partial charge < -0.3 is 14.5 Å². The van der Waals surface area contributed by atoms with E-state index in [1.165, 1.54) is 55.4 Å². The second kappa shape index (κ2) is 10.1. The molecule has 0 radical (unpaired) electrons. The van der Waals surface area contributed by atoms with Crippen molar-refractivity contribution < 1.29 is 0 Å². The Bertz CT molecular complexity index is 1500. The number of benzene rings is 1. The van der Waals surface area contributed by atoms with Crippen molar-refractivity contribution in [3.05, 3.63) is 70.2 Å². The average molecular weight is 510 g/mol. The van der Waals surface area contributed by atoms with Crippen molar-refractivity contribution in [2.24, 2.45) is 7.05 Å². The molecule has 1 saturated carbocycles. The van der Waals surface area contributed by atoms with E-state index in [1.807, 2.05) is 31.7 Å². The first kappa shape index (κ1) is 25.1. The number of aromatic amines is 1. The predicted octanol–water partition coefficient (Wildman–Crippen LogP) is 6.58. The molecule has 198 valence electrons. The summed E-state index contributed by atoms with van der Waals surface area (Å²) in [6.07, 6.45) is 11.6. The maximum atomic E-state index is 13.2. The zero-order chi connectivity index (χ0) is 26.4. The molecule has 6 nitrogen and oxygen atoms in total. The van der Waals surface area contributed by atoms with Gasteiger partial charge >= 0.3 is 0 Å². The Kier molecular flexibility index (Phi) is 6.68. The summed E-state index contributed by atoms with van der Waals surface area (Å²) in [5.41, 5.74) is 7.42. The van der Waals surface area contributed by atoms with Crippen LogP contribution in [0, 0.1) is 0 Å². The van der Waals surface area contributed by atoms with Crippen LogP contribution in [0.1, 0.15) is 87.6 Å². The number of aromatic nitrogens is 4. The van der Waals surface area contributed by atoms with Crippen LogP contribution >= 0.6 is 0 Å². The number of hydrogen-bond acceptors (Lipinski definition) is 4. The van der Waals surface area contributed by atoms with Crippen molar-refractivity contribution in [2.75, 3.05) is 19.6 Å². The Labute approximate surface area is 225 Å². The highest BCUT2D eigenvalue weighted by molar-refractivity contribution is 5.92. The summed E-state index contributed by atoms with van der Waals surface area (Å²) in [7, 11) is 1.83. The van der Waals surface area contributed by atoms with Crippen LogP contribution in [0.2, 0.25) is 0 Å². The van der Waals surface area contributed by atoms with Crippen molar-refractivity contribution in [2.45, 2.75) is 70.6 Å². The molecule has 0 atom stereocenters. The topological polar surface area (TPSA) is 66.8 Å². The van der Waals surface area contributed by atoms with Crippen LogP contribution < -0.4 is 5.56 Å². The van der Waals surface area contributed by atoms with Gasteiger partial charge in [0.1, 0.15) is 5.82 Å². The number of rotatable bonds is 7. The molecule has 0 unspecified atom stereocenters. The molecular weight excluding hydrogens is 470 g/mol. The first-order valence-electron chi connectivity index (χ1n) is 14.3. The van der Waals surface area contributed by atoms with Crippen molar-refractivity contribution >= 4 is 10.9 Å². The Balaban J connectivity index is 1.39. The number of fused-ring (bicyclic) bond motifs is 1. The van der Waals surface area contributed by atoms with Crippen molar-refractivity contribution in [1.29, 1.82) is 0 Å². The Hall–Kier alpha value is -3.25. The fourth-order valence-corrected chi connectivity index (χ4v) is 6.20. The summed E-state index contributed by atoms with van der Waals surface area (Å²) in [4.78, 5) is 28.6. The van der Waals surface area contributed by atoms with E-state index in [-0.39, 0.29) is 5.56 Å². The van der Waals surface area contributed by atoms with Gasteiger partial charge in [-0.25, -0.2) is 9.97 Å². The molecule has 1 aromatic carbocycles. The van der Waals surface area contributed by atoms with Gasteiger partial charge in [0, 0.05) is 53.6 Å². The minimum Gasteiger partial charge on any atom is -0.354 e. The third kappa shape index (κ3) is 4.71. The van der Waals surface area contributed by atoms with E-state index in [9.17, 15) is 4.79 Å². The third-order valence-electron chi connectivity index (χ3n) is 8.44. The molecule has 1 saturated heterocycles. The second-order valence-corrected chi connectivity index (χ2v) is 11.7. The fraction of sp³-hybridized carbons (Fsp3) is 0.469. The molecule has 6 heteroatoms. The number of piperidine rings is 1. The summed E-state index contributed by atoms with van der Waals surface area (Å²) < 4.78 is 1.69. The molecule has 2 fully saturated rings. The number of nitrogens with one attached hydrogen (secondary N) is 1. The minimum atomic E-state index is -0.0320. The van der Waals surface area contributed by atoms with Crippen LogP contribution in [0.5, 0.6) is 0 Å². The average Bonchev–Trinajstić information content (AvgIpc) is 3.70. The van der Waals surface area contributed by atoms with Gasteiger partial charge in [-0.3, -0.25) is 4.79 Å². The Morgan fingerprint density at radius 1 is 1.00 bits per heavy atom. The van der Waals surface area contributed by atoms with Crippen molar-refractivity contribution in [1.82, 2.24) is 24.4 Å². The highest BCUT2D eigenvalue weighted by Gasteiger charge is 2.27. The monoisotopic (exact) mass is 509 g/mol. The lowest BCUT2D eigenvalue weighted by molar-refractivity contribution is 0.213. The van der Waals surface area contributed by atoms with E-state index in [0.717, 1.165) is 41.0 Å². The number of aryl methyl sites for hydroxylation is 1. The maximum absolute atomic E-state index is 13.2. The van der Waals surface area contributed by atoms with Gasteiger partial charge in [-0.1, -0.05) is 26.8 Å². The molecule has 1 aliphatic carbocycles. The standard InChI is InChI=1S/C32H39N5O/c1-5-12-37-13-10-21(11-14-37)23-8-9-28-27(15-23)29(20(2)3)30(35-28)24-16-26(32(38)36(4)19-24)25-17-33-31(34-18-25)22-6-7-22/h8-9,15-22,35H,5-7,10-14H2,1-4H3. The molecule has 6 rings (SSSR count). The SMILES string of the molecule is CCCN1CCC(c2ccc3[nH]c(-c4cc(-c5cnc(C6CC6)nc5)c(=O)n(C)c4)c(C(C)C)c3c2)CC1. The second-order valence-electron chi connectivity index (χ2n) is 11.7. The predicted molar refractivity (Wildman–Crippen MR) is 155 cm³/mol. The molecule has 1 aliphatic heterocycles. The first-order chi connectivity index (χ1) is 18.4. The third-order valence-corrected chi connectivity index (χ3v) is 8.44. The Morgan fingerprint density at radius 3 is 2.39 bits per heavy atom. The maximum Gasteiger partial charge on any atom is 0.258 e. The number of hydrogen-bond donors (Lipinski definition) is 1. The molecule has 4 heterocycles. The van der Waals surface area contributed by atoms with Gasteiger partial charge in [-0.2, -0.15) is 0 Å². The Morgan fingerprint density at radius 2 is 1.74 bits per heavy atom. The lowest BCUT2D eigenvalue weighted by Crippen LogP contribution is -2.33. The zero-order valence-corrected chi connectivity index (χ0v) is 23.1. The van der Waals surface area contributed by atoms with E-state index in [0.29, 0.717) is 23.3 Å². The van der Waals surface area contributed by atoms with Crippen molar-refractivity contribution in [3.8, 4) is 22.4 Å². The minimum absolute atomic E-state index is 0.0320. The summed E-state index contributed by atoms with van der Waals surface area (Å²) >= 11 is 0. The highest BCUT2D eigenvalue weighted by atomic mass is 16.1. The fourth-order valence-electron chi connectivity index (χ4n) is 6.20. The molecule has 0 spiro atoms. The van der Waals surface area contributed by atoms with Gasteiger partial charge in [0.25, 0.3) is 5.56 Å². The first-order valence-corrected chi connectivity index (χ1v) is 14.3. The van der Waals surface area contributed by atoms with Gasteiger partial charge in [0.2, 0.25) is 0 Å². The smallest absolute Gasteiger partial charge is 0.258 e. The van der Waals surface area contributed by atoms with Gasteiger partial charge in [-0.15, -0.1) is 0 Å². The van der Waals surface area contributed by atoms with E-state index in [4.69, 9.17) is 0 Å². The summed E-state index contributed by atoms with van der Waals surface area (Å²) in [5.74, 6) is 2.34. The summed E-state index contributed by atoms with van der Waals surface area (Å²) in [6, 6.07) is 9.01. The number of pyridine rings is 1. The van der Waals surface area contributed by atoms with E-state index in [2.05, 4.69) is 58.8 Å². The lowest BCUT2D eigenvalue weighted by Gasteiger charge is -2.32. The van der Waals surface area contributed by atoms with Crippen molar-refractivity contribution in [3.63, 3.8) is 0 Å². The molecule has 4 aromatic rings. The summed E-state index contributed by atoms with van der Waals surface area (Å²) in [6.45, 7) is 10.4. The summed E-state index contributed by atoms with van der Waals surface area (Å²) in [5, 5.41) is 1.30. The quantitative estimate of drug-likeness (QED) is 0.306. The normalized spacial score (nSPS) is 17.1. The zero-order valence-electron chi connectivity index (χ0n) is 23.1. The van der Waals surface area contributed by atoms with E-state index < -0.39 is 0 Å². The molecule has 0 amide bonds.